The van der Waals surface area contributed by atoms with E-state index in [2.05, 4.69) is 26.1 Å². The average molecular weight is 239 g/mol. The number of rotatable bonds is 5. The third-order valence-corrected chi connectivity index (χ3v) is 2.37. The van der Waals surface area contributed by atoms with Crippen molar-refractivity contribution < 1.29 is 9.13 Å². The number of halogens is 1. The summed E-state index contributed by atoms with van der Waals surface area (Å²) in [4.78, 5) is 0. The topological polar surface area (TPSA) is 21.3 Å². The molecule has 0 aliphatic carbocycles. The molecule has 0 amide bonds. The molecule has 0 heterocycles. The predicted molar refractivity (Wildman–Crippen MR) is 69.0 cm³/mol. The molecular weight excluding hydrogens is 217 g/mol. The van der Waals surface area contributed by atoms with Gasteiger partial charge >= 0.3 is 0 Å². The van der Waals surface area contributed by atoms with Crippen LogP contribution in [0.4, 0.5) is 4.39 Å². The van der Waals surface area contributed by atoms with E-state index in [-0.39, 0.29) is 11.4 Å². The maximum atomic E-state index is 13.0. The van der Waals surface area contributed by atoms with Gasteiger partial charge in [-0.05, 0) is 64.4 Å². The molecule has 0 unspecified atom stereocenters. The van der Waals surface area contributed by atoms with Crippen LogP contribution < -0.4 is 10.1 Å². The van der Waals surface area contributed by atoms with E-state index in [1.54, 1.807) is 19.1 Å². The lowest BCUT2D eigenvalue weighted by Gasteiger charge is -2.20. The van der Waals surface area contributed by atoms with Gasteiger partial charge in [-0.3, -0.25) is 0 Å². The largest absolute Gasteiger partial charge is 0.494 e. The van der Waals surface area contributed by atoms with E-state index >= 15 is 0 Å². The molecule has 1 rings (SSSR count). The van der Waals surface area contributed by atoms with Crippen LogP contribution in [0.2, 0.25) is 0 Å². The zero-order valence-corrected chi connectivity index (χ0v) is 11.1. The van der Waals surface area contributed by atoms with E-state index in [9.17, 15) is 4.39 Å². The molecule has 0 saturated heterocycles. The van der Waals surface area contributed by atoms with Crippen LogP contribution in [0, 0.1) is 12.7 Å². The maximum absolute atomic E-state index is 13.0. The number of nitrogens with one attached hydrogen (secondary N) is 1. The number of benzene rings is 1. The van der Waals surface area contributed by atoms with Crippen molar-refractivity contribution in [1.29, 1.82) is 0 Å². The quantitative estimate of drug-likeness (QED) is 0.796. The second-order valence-corrected chi connectivity index (χ2v) is 5.29. The van der Waals surface area contributed by atoms with Gasteiger partial charge < -0.3 is 10.1 Å². The van der Waals surface area contributed by atoms with Crippen molar-refractivity contribution >= 4 is 0 Å². The van der Waals surface area contributed by atoms with Gasteiger partial charge in [0.15, 0.2) is 0 Å². The average Bonchev–Trinajstić information content (AvgIpc) is 2.21. The highest BCUT2D eigenvalue weighted by molar-refractivity contribution is 5.28. The molecule has 2 nitrogen and oxygen atoms in total. The summed E-state index contributed by atoms with van der Waals surface area (Å²) in [6.07, 6.45) is 0.938. The molecule has 0 bridgehead atoms. The van der Waals surface area contributed by atoms with Crippen molar-refractivity contribution in [2.24, 2.45) is 0 Å². The Balaban J connectivity index is 2.25. The summed E-state index contributed by atoms with van der Waals surface area (Å²) in [5.41, 5.74) is 0.766. The molecule has 1 N–H and O–H groups in total. The van der Waals surface area contributed by atoms with Crippen molar-refractivity contribution in [1.82, 2.24) is 5.32 Å². The van der Waals surface area contributed by atoms with Crippen LogP contribution >= 0.6 is 0 Å². The van der Waals surface area contributed by atoms with Gasteiger partial charge in [0, 0.05) is 5.54 Å². The Kier molecular flexibility index (Phi) is 4.94. The Hall–Kier alpha value is -1.09. The first-order valence-electron chi connectivity index (χ1n) is 6.02. The zero-order chi connectivity index (χ0) is 12.9. The van der Waals surface area contributed by atoms with Crippen LogP contribution in [0.15, 0.2) is 18.2 Å². The number of aryl methyl sites for hydroxylation is 1. The molecule has 1 aromatic carbocycles. The number of hydrogen-bond acceptors (Lipinski definition) is 2. The highest BCUT2D eigenvalue weighted by atomic mass is 19.1. The summed E-state index contributed by atoms with van der Waals surface area (Å²) in [6, 6.07) is 4.84. The summed E-state index contributed by atoms with van der Waals surface area (Å²) >= 11 is 0. The van der Waals surface area contributed by atoms with Crippen molar-refractivity contribution in [2.75, 3.05) is 13.2 Å². The molecule has 0 aliphatic heterocycles. The summed E-state index contributed by atoms with van der Waals surface area (Å²) in [6.45, 7) is 9.72. The van der Waals surface area contributed by atoms with E-state index in [1.165, 1.54) is 6.07 Å². The SMILES string of the molecule is Cc1cc(OCCCNC(C)(C)C)ccc1F. The van der Waals surface area contributed by atoms with Crippen molar-refractivity contribution in [3.05, 3.63) is 29.6 Å². The third-order valence-electron chi connectivity index (χ3n) is 2.37. The summed E-state index contributed by atoms with van der Waals surface area (Å²) < 4.78 is 18.6. The summed E-state index contributed by atoms with van der Waals surface area (Å²) in [7, 11) is 0. The number of hydrogen-bond donors (Lipinski definition) is 1. The van der Waals surface area contributed by atoms with Crippen LogP contribution in [0.3, 0.4) is 0 Å². The highest BCUT2D eigenvalue weighted by Gasteiger charge is 2.07. The van der Waals surface area contributed by atoms with Gasteiger partial charge in [0.1, 0.15) is 11.6 Å². The Morgan fingerprint density at radius 1 is 1.29 bits per heavy atom. The smallest absolute Gasteiger partial charge is 0.126 e. The van der Waals surface area contributed by atoms with Crippen molar-refractivity contribution in [2.45, 2.75) is 39.7 Å². The van der Waals surface area contributed by atoms with Crippen LogP contribution in [0.1, 0.15) is 32.8 Å². The molecule has 0 fully saturated rings. The van der Waals surface area contributed by atoms with Crippen LogP contribution in [-0.2, 0) is 0 Å². The van der Waals surface area contributed by atoms with Gasteiger partial charge in [0.25, 0.3) is 0 Å². The fraction of sp³-hybridized carbons (Fsp3) is 0.571. The normalized spacial score (nSPS) is 11.6. The van der Waals surface area contributed by atoms with Gasteiger partial charge in [-0.1, -0.05) is 0 Å². The second kappa shape index (κ2) is 6.01. The minimum atomic E-state index is -0.188. The van der Waals surface area contributed by atoms with Crippen molar-refractivity contribution in [3.63, 3.8) is 0 Å². The number of ether oxygens (including phenoxy) is 1. The minimum Gasteiger partial charge on any atom is -0.494 e. The molecule has 0 aliphatic rings. The standard InChI is InChI=1S/C14H22FNO/c1-11-10-12(6-7-13(11)15)17-9-5-8-16-14(2,3)4/h6-7,10,16H,5,8-9H2,1-4H3. The van der Waals surface area contributed by atoms with E-state index in [0.717, 1.165) is 18.7 Å². The Labute approximate surface area is 103 Å². The molecule has 0 saturated carbocycles. The first kappa shape index (κ1) is 14.0. The molecular formula is C14H22FNO. The Morgan fingerprint density at radius 2 is 2.00 bits per heavy atom. The monoisotopic (exact) mass is 239 g/mol. The van der Waals surface area contributed by atoms with Crippen molar-refractivity contribution in [3.8, 4) is 5.75 Å². The molecule has 17 heavy (non-hydrogen) atoms. The zero-order valence-electron chi connectivity index (χ0n) is 11.1. The minimum absolute atomic E-state index is 0.145. The lowest BCUT2D eigenvalue weighted by Crippen LogP contribution is -2.36. The summed E-state index contributed by atoms with van der Waals surface area (Å²) in [5, 5.41) is 3.39. The van der Waals surface area contributed by atoms with E-state index in [1.807, 2.05) is 0 Å². The molecule has 0 aromatic heterocycles. The summed E-state index contributed by atoms with van der Waals surface area (Å²) in [5.74, 6) is 0.548. The molecule has 3 heteroatoms. The van der Waals surface area contributed by atoms with Crippen LogP contribution in [-0.4, -0.2) is 18.7 Å². The third kappa shape index (κ3) is 5.68. The fourth-order valence-corrected chi connectivity index (χ4v) is 1.43. The molecule has 0 spiro atoms. The van der Waals surface area contributed by atoms with E-state index in [4.69, 9.17) is 4.74 Å². The lowest BCUT2D eigenvalue weighted by atomic mass is 10.1. The van der Waals surface area contributed by atoms with E-state index in [0.29, 0.717) is 12.2 Å². The maximum Gasteiger partial charge on any atom is 0.126 e. The second-order valence-electron chi connectivity index (χ2n) is 5.29. The Morgan fingerprint density at radius 3 is 2.59 bits per heavy atom. The fourth-order valence-electron chi connectivity index (χ4n) is 1.43. The van der Waals surface area contributed by atoms with Crippen LogP contribution in [0.5, 0.6) is 5.75 Å². The first-order chi connectivity index (χ1) is 7.88. The first-order valence-corrected chi connectivity index (χ1v) is 6.02. The predicted octanol–water partition coefficient (Wildman–Crippen LogP) is 3.29. The lowest BCUT2D eigenvalue weighted by molar-refractivity contribution is 0.297. The molecule has 0 radical (unpaired) electrons. The Bertz CT molecular complexity index is 358. The van der Waals surface area contributed by atoms with Gasteiger partial charge in [-0.2, -0.15) is 0 Å². The van der Waals surface area contributed by atoms with Gasteiger partial charge in [0.05, 0.1) is 6.61 Å². The van der Waals surface area contributed by atoms with Gasteiger partial charge in [-0.25, -0.2) is 4.39 Å². The molecule has 96 valence electrons. The van der Waals surface area contributed by atoms with Gasteiger partial charge in [-0.15, -0.1) is 0 Å². The highest BCUT2D eigenvalue weighted by Crippen LogP contribution is 2.15. The van der Waals surface area contributed by atoms with Gasteiger partial charge in [0.2, 0.25) is 0 Å². The van der Waals surface area contributed by atoms with Crippen LogP contribution in [0.25, 0.3) is 0 Å². The molecule has 0 atom stereocenters. The van der Waals surface area contributed by atoms with E-state index < -0.39 is 0 Å². The molecule has 1 aromatic rings.